The van der Waals surface area contributed by atoms with Crippen molar-refractivity contribution in [2.24, 2.45) is 0 Å². The molecule has 2 aromatic carbocycles. The van der Waals surface area contributed by atoms with Crippen LogP contribution in [0.15, 0.2) is 50.2 Å². The minimum Gasteiger partial charge on any atom is -0.399 e. The van der Waals surface area contributed by atoms with Crippen molar-refractivity contribution in [2.45, 2.75) is 4.90 Å². The monoisotopic (exact) mass is 422 g/mol. The number of anilines is 2. The van der Waals surface area contributed by atoms with Gasteiger partial charge >= 0.3 is 0 Å². The van der Waals surface area contributed by atoms with Crippen molar-refractivity contribution in [1.29, 1.82) is 0 Å². The van der Waals surface area contributed by atoms with Gasteiger partial charge in [-0.05, 0) is 56.1 Å². The Morgan fingerprint density at radius 3 is 2.20 bits per heavy atom. The molecule has 0 aliphatic heterocycles. The fraction of sp³-hybridized carbons (Fsp3) is 0. The van der Waals surface area contributed by atoms with Gasteiger partial charge in [0.1, 0.15) is 10.7 Å². The number of hydrogen-bond acceptors (Lipinski definition) is 3. The lowest BCUT2D eigenvalue weighted by atomic mass is 10.3. The molecule has 2 aromatic rings. The highest BCUT2D eigenvalue weighted by Gasteiger charge is 2.21. The first-order chi connectivity index (χ1) is 9.31. The zero-order valence-electron chi connectivity index (χ0n) is 9.90. The Morgan fingerprint density at radius 1 is 1.10 bits per heavy atom. The summed E-state index contributed by atoms with van der Waals surface area (Å²) in [5.41, 5.74) is 6.34. The van der Waals surface area contributed by atoms with E-state index in [1.54, 1.807) is 12.1 Å². The maximum absolute atomic E-state index is 13.6. The van der Waals surface area contributed by atoms with Gasteiger partial charge in [0.25, 0.3) is 10.0 Å². The Bertz CT molecular complexity index is 743. The molecule has 2 rings (SSSR count). The summed E-state index contributed by atoms with van der Waals surface area (Å²) < 4.78 is 41.2. The van der Waals surface area contributed by atoms with Gasteiger partial charge < -0.3 is 5.73 Å². The maximum Gasteiger partial charge on any atom is 0.264 e. The summed E-state index contributed by atoms with van der Waals surface area (Å²) in [7, 11) is -4.03. The number of sulfonamides is 1. The highest BCUT2D eigenvalue weighted by molar-refractivity contribution is 9.11. The highest BCUT2D eigenvalue weighted by atomic mass is 79.9. The number of nitrogens with one attached hydrogen (secondary N) is 1. The molecule has 0 unspecified atom stereocenters. The van der Waals surface area contributed by atoms with Crippen LogP contribution in [0.5, 0.6) is 0 Å². The van der Waals surface area contributed by atoms with Gasteiger partial charge in [-0.25, -0.2) is 12.8 Å². The van der Waals surface area contributed by atoms with Crippen LogP contribution >= 0.6 is 31.9 Å². The molecule has 3 N–H and O–H groups in total. The summed E-state index contributed by atoms with van der Waals surface area (Å²) in [4.78, 5) is -0.421. The standard InChI is InChI=1S/C12H9Br2FN2O2S/c13-8-5-7(16)6-9(14)12(8)17-20(18,19)11-4-2-1-3-10(11)15/h1-6,17H,16H2. The number of rotatable bonds is 3. The van der Waals surface area contributed by atoms with Crippen LogP contribution in [0.2, 0.25) is 0 Å². The van der Waals surface area contributed by atoms with Crippen LogP contribution in [-0.2, 0) is 10.0 Å². The predicted molar refractivity (Wildman–Crippen MR) is 83.5 cm³/mol. The summed E-state index contributed by atoms with van der Waals surface area (Å²) >= 11 is 6.42. The average Bonchev–Trinajstić information content (AvgIpc) is 2.34. The second-order valence-corrected chi connectivity index (χ2v) is 7.25. The normalized spacial score (nSPS) is 11.3. The van der Waals surface area contributed by atoms with E-state index in [1.165, 1.54) is 18.2 Å². The third-order valence-electron chi connectivity index (χ3n) is 2.43. The predicted octanol–water partition coefficient (Wildman–Crippen LogP) is 3.73. The number of halogens is 3. The summed E-state index contributed by atoms with van der Waals surface area (Å²) in [6.45, 7) is 0. The molecule has 0 spiro atoms. The second kappa shape index (κ2) is 5.71. The first kappa shape index (κ1) is 15.3. The van der Waals surface area contributed by atoms with Crippen LogP contribution < -0.4 is 10.5 Å². The SMILES string of the molecule is Nc1cc(Br)c(NS(=O)(=O)c2ccccc2F)c(Br)c1. The lowest BCUT2D eigenvalue weighted by Crippen LogP contribution is -2.15. The second-order valence-electron chi connectivity index (χ2n) is 3.90. The Kier molecular flexibility index (Phi) is 4.36. The minimum absolute atomic E-state index is 0.252. The van der Waals surface area contributed by atoms with Crippen LogP contribution in [0.3, 0.4) is 0 Å². The maximum atomic E-state index is 13.6. The third kappa shape index (κ3) is 3.13. The summed E-state index contributed by atoms with van der Waals surface area (Å²) in [6.07, 6.45) is 0. The van der Waals surface area contributed by atoms with Crippen molar-refractivity contribution >= 4 is 53.3 Å². The van der Waals surface area contributed by atoms with Crippen LogP contribution in [0.25, 0.3) is 0 Å². The molecule has 0 amide bonds. The van der Waals surface area contributed by atoms with Crippen LogP contribution in [-0.4, -0.2) is 8.42 Å². The van der Waals surface area contributed by atoms with Crippen LogP contribution in [0, 0.1) is 5.82 Å². The number of nitrogen functional groups attached to an aromatic ring is 1. The average molecular weight is 424 g/mol. The topological polar surface area (TPSA) is 72.2 Å². The Hall–Kier alpha value is -1.12. The summed E-state index contributed by atoms with van der Waals surface area (Å²) in [6, 6.07) is 8.24. The van der Waals surface area contributed by atoms with Crippen molar-refractivity contribution < 1.29 is 12.8 Å². The Morgan fingerprint density at radius 2 is 1.65 bits per heavy atom. The molecule has 0 aliphatic carbocycles. The molecule has 0 heterocycles. The lowest BCUT2D eigenvalue weighted by Gasteiger charge is -2.12. The van der Waals surface area contributed by atoms with Crippen molar-refractivity contribution in [3.8, 4) is 0 Å². The Balaban J connectivity index is 2.47. The van der Waals surface area contributed by atoms with Crippen molar-refractivity contribution in [3.63, 3.8) is 0 Å². The van der Waals surface area contributed by atoms with Crippen molar-refractivity contribution in [2.75, 3.05) is 10.5 Å². The number of benzene rings is 2. The van der Waals surface area contributed by atoms with Crippen molar-refractivity contribution in [1.82, 2.24) is 0 Å². The molecular weight excluding hydrogens is 415 g/mol. The van der Waals surface area contributed by atoms with E-state index in [-0.39, 0.29) is 5.69 Å². The molecular formula is C12H9Br2FN2O2S. The van der Waals surface area contributed by atoms with Gasteiger partial charge in [0.05, 0.1) is 5.69 Å². The molecule has 106 valence electrons. The molecule has 0 saturated carbocycles. The zero-order valence-corrected chi connectivity index (χ0v) is 13.9. The van der Waals surface area contributed by atoms with E-state index < -0.39 is 20.7 Å². The lowest BCUT2D eigenvalue weighted by molar-refractivity contribution is 0.570. The molecule has 0 bridgehead atoms. The van der Waals surface area contributed by atoms with Gasteiger partial charge in [-0.3, -0.25) is 4.72 Å². The Labute approximate surface area is 132 Å². The van der Waals surface area contributed by atoms with Gasteiger partial charge in [0.2, 0.25) is 0 Å². The van der Waals surface area contributed by atoms with Gasteiger partial charge in [0.15, 0.2) is 0 Å². The zero-order chi connectivity index (χ0) is 14.9. The smallest absolute Gasteiger partial charge is 0.264 e. The van der Waals surface area contributed by atoms with Gasteiger partial charge in [-0.1, -0.05) is 12.1 Å². The van der Waals surface area contributed by atoms with E-state index in [4.69, 9.17) is 5.73 Å². The molecule has 0 aliphatic rings. The molecule has 0 atom stereocenters. The van der Waals surface area contributed by atoms with Crippen LogP contribution in [0.1, 0.15) is 0 Å². The van der Waals surface area contributed by atoms with E-state index >= 15 is 0 Å². The van der Waals surface area contributed by atoms with E-state index in [2.05, 4.69) is 36.6 Å². The van der Waals surface area contributed by atoms with Crippen molar-refractivity contribution in [3.05, 3.63) is 51.2 Å². The number of nitrogens with two attached hydrogens (primary N) is 1. The van der Waals surface area contributed by atoms with Crippen LogP contribution in [0.4, 0.5) is 15.8 Å². The van der Waals surface area contributed by atoms with E-state index in [0.29, 0.717) is 14.6 Å². The van der Waals surface area contributed by atoms with Gasteiger partial charge in [0, 0.05) is 14.6 Å². The van der Waals surface area contributed by atoms with E-state index in [9.17, 15) is 12.8 Å². The van der Waals surface area contributed by atoms with Gasteiger partial charge in [-0.2, -0.15) is 0 Å². The molecule has 4 nitrogen and oxygen atoms in total. The summed E-state index contributed by atoms with van der Waals surface area (Å²) in [5.74, 6) is -0.817. The first-order valence-corrected chi connectivity index (χ1v) is 8.40. The first-order valence-electron chi connectivity index (χ1n) is 5.33. The molecule has 0 saturated heterocycles. The highest BCUT2D eigenvalue weighted by Crippen LogP contribution is 2.35. The van der Waals surface area contributed by atoms with Gasteiger partial charge in [-0.15, -0.1) is 0 Å². The fourth-order valence-electron chi connectivity index (χ4n) is 1.54. The van der Waals surface area contributed by atoms with E-state index in [1.807, 2.05) is 0 Å². The minimum atomic E-state index is -4.03. The van der Waals surface area contributed by atoms with E-state index in [0.717, 1.165) is 6.07 Å². The quantitative estimate of drug-likeness (QED) is 0.738. The molecule has 0 aromatic heterocycles. The molecule has 0 fully saturated rings. The third-order valence-corrected chi connectivity index (χ3v) is 5.06. The largest absolute Gasteiger partial charge is 0.399 e. The molecule has 0 radical (unpaired) electrons. The molecule has 20 heavy (non-hydrogen) atoms. The summed E-state index contributed by atoms with van der Waals surface area (Å²) in [5, 5.41) is 0. The fourth-order valence-corrected chi connectivity index (χ4v) is 4.41. The molecule has 8 heteroatoms. The number of hydrogen-bond donors (Lipinski definition) is 2.